The van der Waals surface area contributed by atoms with Crippen LogP contribution in [0.15, 0.2) is 24.3 Å². The highest BCUT2D eigenvalue weighted by Crippen LogP contribution is 2.07. The molecule has 1 unspecified atom stereocenters. The van der Waals surface area contributed by atoms with Gasteiger partial charge in [0.05, 0.1) is 0 Å². The molecule has 0 aliphatic rings. The number of aromatic nitrogens is 3. The predicted molar refractivity (Wildman–Crippen MR) is 67.4 cm³/mol. The molecular formula is C13H20N4+2. The van der Waals surface area contributed by atoms with Crippen molar-refractivity contribution in [2.45, 2.75) is 26.8 Å². The lowest BCUT2D eigenvalue weighted by molar-refractivity contribution is -0.693. The second-order valence-corrected chi connectivity index (χ2v) is 4.80. The number of H-pyrrole nitrogens is 1. The van der Waals surface area contributed by atoms with Gasteiger partial charge in [-0.2, -0.15) is 9.88 Å². The highest BCUT2D eigenvalue weighted by molar-refractivity contribution is 5.69. The summed E-state index contributed by atoms with van der Waals surface area (Å²) in [6.07, 6.45) is 0. The van der Waals surface area contributed by atoms with Crippen LogP contribution in [0.1, 0.15) is 20.8 Å². The fourth-order valence-electron chi connectivity index (χ4n) is 1.66. The van der Waals surface area contributed by atoms with E-state index in [1.165, 1.54) is 0 Å². The Morgan fingerprint density at radius 2 is 1.94 bits per heavy atom. The maximum Gasteiger partial charge on any atom is 0.546 e. The first-order chi connectivity index (χ1) is 8.09. The molecule has 17 heavy (non-hydrogen) atoms. The summed E-state index contributed by atoms with van der Waals surface area (Å²) in [5.74, 6) is 1.51. The number of aryl methyl sites for hydroxylation is 1. The van der Waals surface area contributed by atoms with Gasteiger partial charge < -0.3 is 0 Å². The molecule has 4 heteroatoms. The van der Waals surface area contributed by atoms with Crippen molar-refractivity contribution in [1.29, 1.82) is 0 Å². The molecule has 1 aromatic carbocycles. The van der Waals surface area contributed by atoms with E-state index in [0.29, 0.717) is 12.0 Å². The van der Waals surface area contributed by atoms with Crippen LogP contribution in [0.3, 0.4) is 0 Å². The summed E-state index contributed by atoms with van der Waals surface area (Å²) in [6, 6.07) is 8.50. The number of benzene rings is 1. The molecule has 0 aliphatic carbocycles. The molecule has 0 amide bonds. The van der Waals surface area contributed by atoms with Crippen molar-refractivity contribution in [3.05, 3.63) is 24.3 Å². The van der Waals surface area contributed by atoms with Crippen molar-refractivity contribution < 1.29 is 9.67 Å². The maximum absolute atomic E-state index is 4.35. The predicted octanol–water partition coefficient (Wildman–Crippen LogP) is 1.33. The van der Waals surface area contributed by atoms with Crippen molar-refractivity contribution in [2.75, 3.05) is 5.32 Å². The lowest BCUT2D eigenvalue weighted by Crippen LogP contribution is -2.44. The van der Waals surface area contributed by atoms with E-state index < -0.39 is 0 Å². The van der Waals surface area contributed by atoms with E-state index in [4.69, 9.17) is 0 Å². The summed E-state index contributed by atoms with van der Waals surface area (Å²) >= 11 is 0. The number of para-hydroxylation sites is 2. The number of nitrogens with zero attached hydrogens (tertiary/aromatic N) is 2. The molecule has 1 atom stereocenters. The first-order valence-electron chi connectivity index (χ1n) is 6.02. The fraction of sp³-hybridized carbons (Fsp3) is 0.462. The number of aromatic amines is 1. The second-order valence-electron chi connectivity index (χ2n) is 4.80. The van der Waals surface area contributed by atoms with E-state index in [1.807, 2.05) is 25.2 Å². The molecule has 0 saturated heterocycles. The number of hydrogen-bond donors (Lipinski definition) is 1. The van der Waals surface area contributed by atoms with E-state index in [0.717, 1.165) is 17.0 Å². The van der Waals surface area contributed by atoms with Crippen LogP contribution in [0.25, 0.3) is 11.0 Å². The quantitative estimate of drug-likeness (QED) is 0.811. The van der Waals surface area contributed by atoms with Crippen LogP contribution in [0.2, 0.25) is 0 Å². The molecule has 2 rings (SSSR count). The van der Waals surface area contributed by atoms with E-state index >= 15 is 0 Å². The summed E-state index contributed by atoms with van der Waals surface area (Å²) in [7, 11) is 2.04. The van der Waals surface area contributed by atoms with Crippen LogP contribution in [0.5, 0.6) is 0 Å². The standard InChI is InChI=1S/C13H18N4/c1-9(2)10(3)14-13-16-15-11-7-5-6-8-12(11)17(13)4/h5-10H,1-4H3/p+2. The molecule has 90 valence electrons. The van der Waals surface area contributed by atoms with E-state index in [9.17, 15) is 0 Å². The molecule has 0 radical (unpaired) electrons. The molecule has 4 nitrogen and oxygen atoms in total. The Balaban J connectivity index is 2.39. The summed E-state index contributed by atoms with van der Waals surface area (Å²) in [6.45, 7) is 6.58. The zero-order chi connectivity index (χ0) is 12.4. The van der Waals surface area contributed by atoms with E-state index in [-0.39, 0.29) is 0 Å². The Hall–Kier alpha value is -1.71. The minimum Gasteiger partial charge on any atom is -0.195 e. The molecule has 0 fully saturated rings. The van der Waals surface area contributed by atoms with Crippen molar-refractivity contribution >= 4 is 17.0 Å². The van der Waals surface area contributed by atoms with Gasteiger partial charge in [-0.05, 0) is 24.2 Å². The molecule has 0 bridgehead atoms. The van der Waals surface area contributed by atoms with Gasteiger partial charge in [0.1, 0.15) is 13.1 Å². The van der Waals surface area contributed by atoms with Gasteiger partial charge in [0.2, 0.25) is 0 Å². The summed E-state index contributed by atoms with van der Waals surface area (Å²) in [5, 5.41) is 10.9. The molecule has 0 spiro atoms. The molecule has 0 aliphatic heterocycles. The first kappa shape index (κ1) is 11.8. The van der Waals surface area contributed by atoms with Crippen molar-refractivity contribution in [3.63, 3.8) is 0 Å². The Kier molecular flexibility index (Phi) is 3.22. The molecular weight excluding hydrogens is 212 g/mol. The van der Waals surface area contributed by atoms with Crippen LogP contribution in [-0.2, 0) is 7.05 Å². The SMILES string of the molecule is CC(C)C(C)Nc1[nH+]nc2ccccc2[n+]1C. The number of fused-ring (bicyclic) bond motifs is 1. The Labute approximate surface area is 102 Å². The maximum atomic E-state index is 4.35. The molecule has 0 saturated carbocycles. The minimum absolute atomic E-state index is 0.403. The first-order valence-corrected chi connectivity index (χ1v) is 6.02. The lowest BCUT2D eigenvalue weighted by Gasteiger charge is -2.09. The monoisotopic (exact) mass is 232 g/mol. The van der Waals surface area contributed by atoms with Gasteiger partial charge in [-0.25, -0.2) is 0 Å². The lowest BCUT2D eigenvalue weighted by atomic mass is 10.1. The normalized spacial score (nSPS) is 13.0. The Morgan fingerprint density at radius 1 is 1.24 bits per heavy atom. The summed E-state index contributed by atoms with van der Waals surface area (Å²) < 4.78 is 2.10. The third kappa shape index (κ3) is 2.35. The zero-order valence-corrected chi connectivity index (χ0v) is 10.9. The van der Waals surface area contributed by atoms with Crippen LogP contribution >= 0.6 is 0 Å². The molecule has 1 heterocycles. The molecule has 2 N–H and O–H groups in total. The summed E-state index contributed by atoms with van der Waals surface area (Å²) in [5.41, 5.74) is 2.09. The van der Waals surface area contributed by atoms with Gasteiger partial charge in [0, 0.05) is 5.92 Å². The average Bonchev–Trinajstić information content (AvgIpc) is 2.33. The largest absolute Gasteiger partial charge is 0.546 e. The van der Waals surface area contributed by atoms with Crippen molar-refractivity contribution in [1.82, 2.24) is 5.10 Å². The third-order valence-corrected chi connectivity index (χ3v) is 3.23. The number of anilines is 1. The van der Waals surface area contributed by atoms with Crippen molar-refractivity contribution in [3.8, 4) is 0 Å². The summed E-state index contributed by atoms with van der Waals surface area (Å²) in [4.78, 5) is 0. The highest BCUT2D eigenvalue weighted by atomic mass is 15.3. The van der Waals surface area contributed by atoms with Gasteiger partial charge in [-0.15, -0.1) is 0 Å². The molecule has 1 aromatic heterocycles. The van der Waals surface area contributed by atoms with Crippen LogP contribution in [0.4, 0.5) is 5.95 Å². The van der Waals surface area contributed by atoms with Gasteiger partial charge >= 0.3 is 5.95 Å². The zero-order valence-electron chi connectivity index (χ0n) is 10.9. The third-order valence-electron chi connectivity index (χ3n) is 3.23. The van der Waals surface area contributed by atoms with Gasteiger partial charge in [-0.1, -0.05) is 31.1 Å². The fourth-order valence-corrected chi connectivity index (χ4v) is 1.66. The number of hydrogen-bond acceptors (Lipinski definition) is 2. The van der Waals surface area contributed by atoms with Gasteiger partial charge in [0.15, 0.2) is 11.0 Å². The van der Waals surface area contributed by atoms with Crippen LogP contribution in [-0.4, -0.2) is 11.1 Å². The Bertz CT molecular complexity index is 522. The average molecular weight is 232 g/mol. The smallest absolute Gasteiger partial charge is 0.195 e. The van der Waals surface area contributed by atoms with Gasteiger partial charge in [-0.3, -0.25) is 0 Å². The molecule has 2 aromatic rings. The Morgan fingerprint density at radius 3 is 2.65 bits per heavy atom. The minimum atomic E-state index is 0.403. The van der Waals surface area contributed by atoms with Crippen LogP contribution in [0, 0.1) is 5.92 Å². The van der Waals surface area contributed by atoms with E-state index in [1.54, 1.807) is 0 Å². The van der Waals surface area contributed by atoms with Crippen molar-refractivity contribution in [2.24, 2.45) is 13.0 Å². The number of nitrogens with one attached hydrogen (secondary N) is 2. The topological polar surface area (TPSA) is 42.9 Å². The van der Waals surface area contributed by atoms with E-state index in [2.05, 4.69) is 46.9 Å². The number of rotatable bonds is 3. The van der Waals surface area contributed by atoms with Crippen LogP contribution < -0.4 is 15.0 Å². The highest BCUT2D eigenvalue weighted by Gasteiger charge is 2.23. The van der Waals surface area contributed by atoms with Gasteiger partial charge in [0.25, 0.3) is 0 Å². The second kappa shape index (κ2) is 4.65.